The van der Waals surface area contributed by atoms with Gasteiger partial charge in [-0.15, -0.1) is 11.3 Å². The van der Waals surface area contributed by atoms with Gasteiger partial charge in [0.15, 0.2) is 0 Å². The number of thiazole rings is 1. The minimum Gasteiger partial charge on any atom is -0.456 e. The summed E-state index contributed by atoms with van der Waals surface area (Å²) in [5.74, 6) is -0.401. The molecule has 2 N–H and O–H groups in total. The Hall–Kier alpha value is -2.71. The monoisotopic (exact) mass is 415 g/mol. The van der Waals surface area contributed by atoms with E-state index in [0.717, 1.165) is 21.8 Å². The summed E-state index contributed by atoms with van der Waals surface area (Å²) in [6.45, 7) is 4.32. The number of ether oxygens (including phenoxy) is 1. The van der Waals surface area contributed by atoms with Gasteiger partial charge in [0.1, 0.15) is 11.6 Å². The van der Waals surface area contributed by atoms with Gasteiger partial charge in [0.25, 0.3) is 0 Å². The molecule has 0 saturated heterocycles. The van der Waals surface area contributed by atoms with E-state index in [1.165, 1.54) is 11.3 Å². The third kappa shape index (κ3) is 5.64. The third-order valence-corrected chi connectivity index (χ3v) is 5.36. The van der Waals surface area contributed by atoms with Crippen molar-refractivity contribution in [1.29, 1.82) is 0 Å². The zero-order chi connectivity index (χ0) is 19.9. The molecule has 2 amide bonds. The van der Waals surface area contributed by atoms with E-state index >= 15 is 0 Å². The van der Waals surface area contributed by atoms with Crippen LogP contribution in [0, 0.1) is 0 Å². The fraction of sp³-hybridized carbons (Fsp3) is 0.250. The molecule has 2 aromatic heterocycles. The Morgan fingerprint density at radius 1 is 1.14 bits per heavy atom. The molecule has 0 unspecified atom stereocenters. The fourth-order valence-corrected chi connectivity index (χ4v) is 3.89. The van der Waals surface area contributed by atoms with Gasteiger partial charge in [0.2, 0.25) is 0 Å². The predicted molar refractivity (Wildman–Crippen MR) is 111 cm³/mol. The van der Waals surface area contributed by atoms with Gasteiger partial charge >= 0.3 is 12.0 Å². The summed E-state index contributed by atoms with van der Waals surface area (Å²) in [5, 5.41) is 12.4. The maximum atomic E-state index is 12.2. The third-order valence-electron chi connectivity index (χ3n) is 3.73. The standard InChI is InChI=1S/C20H21N3O3S2/c1-13(2)22-20(25)21-9-14-3-5-15(6-4-14)19(24)26-10-17-12-28-18(23-17)16-7-8-27-11-16/h3-8,11-13H,9-10H2,1-2H3,(H2,21,22,25). The van der Waals surface area contributed by atoms with Crippen LogP contribution in [0.4, 0.5) is 4.79 Å². The van der Waals surface area contributed by atoms with Gasteiger partial charge in [-0.3, -0.25) is 0 Å². The maximum Gasteiger partial charge on any atom is 0.338 e. The first-order valence-corrected chi connectivity index (χ1v) is 10.6. The lowest BCUT2D eigenvalue weighted by Crippen LogP contribution is -2.39. The number of nitrogens with zero attached hydrogens (tertiary/aromatic N) is 1. The first-order valence-electron chi connectivity index (χ1n) is 8.78. The normalized spacial score (nSPS) is 10.7. The highest BCUT2D eigenvalue weighted by atomic mass is 32.1. The second kappa shape index (κ2) is 9.48. The van der Waals surface area contributed by atoms with Gasteiger partial charge in [-0.1, -0.05) is 12.1 Å². The van der Waals surface area contributed by atoms with Crippen LogP contribution in [0.1, 0.15) is 35.5 Å². The largest absolute Gasteiger partial charge is 0.456 e. The van der Waals surface area contributed by atoms with Crippen molar-refractivity contribution in [3.05, 3.63) is 63.3 Å². The van der Waals surface area contributed by atoms with E-state index in [-0.39, 0.29) is 18.7 Å². The molecule has 2 heterocycles. The SMILES string of the molecule is CC(C)NC(=O)NCc1ccc(C(=O)OCc2csc(-c3ccsc3)n2)cc1. The molecule has 0 saturated carbocycles. The van der Waals surface area contributed by atoms with Crippen molar-refractivity contribution in [2.75, 3.05) is 0 Å². The van der Waals surface area contributed by atoms with Crippen molar-refractivity contribution in [3.8, 4) is 10.6 Å². The molecular formula is C20H21N3O3S2. The number of urea groups is 1. The van der Waals surface area contributed by atoms with Crippen LogP contribution in [0.15, 0.2) is 46.5 Å². The van der Waals surface area contributed by atoms with Crippen molar-refractivity contribution in [1.82, 2.24) is 15.6 Å². The molecule has 0 radical (unpaired) electrons. The molecule has 0 aliphatic heterocycles. The van der Waals surface area contributed by atoms with Crippen molar-refractivity contribution >= 4 is 34.7 Å². The van der Waals surface area contributed by atoms with Gasteiger partial charge in [0, 0.05) is 28.9 Å². The molecule has 6 nitrogen and oxygen atoms in total. The number of carbonyl (C=O) groups excluding carboxylic acids is 2. The van der Waals surface area contributed by atoms with Crippen LogP contribution in [-0.4, -0.2) is 23.0 Å². The zero-order valence-corrected chi connectivity index (χ0v) is 17.2. The van der Waals surface area contributed by atoms with Gasteiger partial charge in [0.05, 0.1) is 11.3 Å². The minimum absolute atomic E-state index is 0.0798. The smallest absolute Gasteiger partial charge is 0.338 e. The van der Waals surface area contributed by atoms with Crippen molar-refractivity contribution in [2.45, 2.75) is 33.0 Å². The van der Waals surface area contributed by atoms with Crippen LogP contribution in [0.5, 0.6) is 0 Å². The van der Waals surface area contributed by atoms with Crippen LogP contribution in [0.2, 0.25) is 0 Å². The van der Waals surface area contributed by atoms with Crippen LogP contribution < -0.4 is 10.6 Å². The molecule has 0 aliphatic rings. The molecule has 3 rings (SSSR count). The van der Waals surface area contributed by atoms with Crippen molar-refractivity contribution < 1.29 is 14.3 Å². The molecule has 1 aromatic carbocycles. The molecule has 0 atom stereocenters. The number of amides is 2. The van der Waals surface area contributed by atoms with Gasteiger partial charge in [-0.25, -0.2) is 14.6 Å². The van der Waals surface area contributed by atoms with Crippen LogP contribution >= 0.6 is 22.7 Å². The lowest BCUT2D eigenvalue weighted by molar-refractivity contribution is 0.0468. The Morgan fingerprint density at radius 3 is 2.61 bits per heavy atom. The van der Waals surface area contributed by atoms with Crippen molar-refractivity contribution in [2.24, 2.45) is 0 Å². The van der Waals surface area contributed by atoms with E-state index < -0.39 is 5.97 Å². The first kappa shape index (κ1) is 20.0. The molecule has 146 valence electrons. The lowest BCUT2D eigenvalue weighted by Gasteiger charge is -2.10. The Labute approximate surface area is 171 Å². The summed E-state index contributed by atoms with van der Waals surface area (Å²) in [4.78, 5) is 28.3. The topological polar surface area (TPSA) is 80.3 Å². The molecule has 3 aromatic rings. The van der Waals surface area contributed by atoms with Gasteiger partial charge in [-0.05, 0) is 43.0 Å². The highest BCUT2D eigenvalue weighted by Crippen LogP contribution is 2.26. The number of rotatable bonds is 7. The fourth-order valence-electron chi connectivity index (χ4n) is 2.37. The average molecular weight is 416 g/mol. The molecule has 8 heteroatoms. The van der Waals surface area contributed by atoms with E-state index in [2.05, 4.69) is 15.6 Å². The van der Waals surface area contributed by atoms with E-state index in [1.54, 1.807) is 35.6 Å². The quantitative estimate of drug-likeness (QED) is 0.559. The second-order valence-electron chi connectivity index (χ2n) is 6.41. The molecule has 0 spiro atoms. The summed E-state index contributed by atoms with van der Waals surface area (Å²) < 4.78 is 5.35. The van der Waals surface area contributed by atoms with E-state index in [0.29, 0.717) is 12.1 Å². The second-order valence-corrected chi connectivity index (χ2v) is 8.05. The molecule has 0 bridgehead atoms. The summed E-state index contributed by atoms with van der Waals surface area (Å²) in [7, 11) is 0. The van der Waals surface area contributed by atoms with E-state index in [4.69, 9.17) is 4.74 Å². The summed E-state index contributed by atoms with van der Waals surface area (Å²) in [6.07, 6.45) is 0. The Morgan fingerprint density at radius 2 is 1.93 bits per heavy atom. The number of hydrogen-bond donors (Lipinski definition) is 2. The highest BCUT2D eigenvalue weighted by Gasteiger charge is 2.10. The summed E-state index contributed by atoms with van der Waals surface area (Å²) in [6, 6.07) is 8.85. The number of benzene rings is 1. The first-order chi connectivity index (χ1) is 13.5. The van der Waals surface area contributed by atoms with Crippen LogP contribution in [0.3, 0.4) is 0 Å². The Bertz CT molecular complexity index is 919. The lowest BCUT2D eigenvalue weighted by atomic mass is 10.1. The minimum atomic E-state index is -0.401. The number of esters is 1. The number of aromatic nitrogens is 1. The maximum absolute atomic E-state index is 12.2. The molecule has 28 heavy (non-hydrogen) atoms. The number of hydrogen-bond acceptors (Lipinski definition) is 6. The van der Waals surface area contributed by atoms with E-state index in [1.807, 2.05) is 36.1 Å². The van der Waals surface area contributed by atoms with E-state index in [9.17, 15) is 9.59 Å². The van der Waals surface area contributed by atoms with Crippen molar-refractivity contribution in [3.63, 3.8) is 0 Å². The summed E-state index contributed by atoms with van der Waals surface area (Å²) >= 11 is 3.15. The number of carbonyl (C=O) groups is 2. The summed E-state index contributed by atoms with van der Waals surface area (Å²) in [5.41, 5.74) is 3.18. The number of nitrogens with one attached hydrogen (secondary N) is 2. The molecule has 0 fully saturated rings. The average Bonchev–Trinajstić information content (AvgIpc) is 3.36. The van der Waals surface area contributed by atoms with Crippen LogP contribution in [-0.2, 0) is 17.9 Å². The number of thiophene rings is 1. The Balaban J connectivity index is 1.49. The highest BCUT2D eigenvalue weighted by molar-refractivity contribution is 7.14. The Kier molecular flexibility index (Phi) is 6.78. The predicted octanol–water partition coefficient (Wildman–Crippen LogP) is 4.44. The van der Waals surface area contributed by atoms with Crippen LogP contribution in [0.25, 0.3) is 10.6 Å². The molecular weight excluding hydrogens is 394 g/mol. The molecule has 0 aliphatic carbocycles. The van der Waals surface area contributed by atoms with Gasteiger partial charge in [-0.2, -0.15) is 11.3 Å². The zero-order valence-electron chi connectivity index (χ0n) is 15.6. The van der Waals surface area contributed by atoms with Gasteiger partial charge < -0.3 is 15.4 Å².